The van der Waals surface area contributed by atoms with E-state index in [-0.39, 0.29) is 11.8 Å². The lowest BCUT2D eigenvalue weighted by Crippen LogP contribution is -2.39. The molecule has 0 spiro atoms. The molecule has 0 bridgehead atoms. The summed E-state index contributed by atoms with van der Waals surface area (Å²) in [5.74, 6) is 0.388. The minimum absolute atomic E-state index is 0.194. The summed E-state index contributed by atoms with van der Waals surface area (Å²) in [6.07, 6.45) is 3.20. The first kappa shape index (κ1) is 8.53. The number of hydrogen-bond donors (Lipinski definition) is 0. The van der Waals surface area contributed by atoms with Crippen LogP contribution in [0.4, 0.5) is 0 Å². The minimum atomic E-state index is 0.194. The lowest BCUT2D eigenvalue weighted by Gasteiger charge is -2.23. The van der Waals surface area contributed by atoms with Gasteiger partial charge < -0.3 is 9.80 Å². The second-order valence-electron chi connectivity index (χ2n) is 3.66. The molecule has 2 amide bonds. The Kier molecular flexibility index (Phi) is 2.20. The number of carbonyl (C=O) groups is 2. The van der Waals surface area contributed by atoms with Gasteiger partial charge in [0.15, 0.2) is 0 Å². The van der Waals surface area contributed by atoms with Crippen molar-refractivity contribution in [1.82, 2.24) is 9.80 Å². The highest BCUT2D eigenvalue weighted by Crippen LogP contribution is 2.14. The summed E-state index contributed by atoms with van der Waals surface area (Å²) in [6, 6.07) is 0. The minimum Gasteiger partial charge on any atom is -0.325 e. The highest BCUT2D eigenvalue weighted by atomic mass is 16.2. The van der Waals surface area contributed by atoms with Crippen molar-refractivity contribution in [2.75, 3.05) is 19.8 Å². The molecule has 2 aliphatic heterocycles. The van der Waals surface area contributed by atoms with Crippen molar-refractivity contribution in [2.24, 2.45) is 0 Å². The highest BCUT2D eigenvalue weighted by molar-refractivity contribution is 5.80. The molecule has 0 aliphatic carbocycles. The fraction of sp³-hybridized carbons (Fsp3) is 0.778. The van der Waals surface area contributed by atoms with Crippen LogP contribution in [0.3, 0.4) is 0 Å². The van der Waals surface area contributed by atoms with Crippen LogP contribution in [0.1, 0.15) is 25.7 Å². The summed E-state index contributed by atoms with van der Waals surface area (Å²) in [5.41, 5.74) is 0. The molecule has 0 unspecified atom stereocenters. The van der Waals surface area contributed by atoms with Crippen LogP contribution in [0.25, 0.3) is 0 Å². The Morgan fingerprint density at radius 1 is 0.923 bits per heavy atom. The molecule has 0 aromatic heterocycles. The van der Waals surface area contributed by atoms with Crippen molar-refractivity contribution in [3.63, 3.8) is 0 Å². The van der Waals surface area contributed by atoms with E-state index in [9.17, 15) is 9.59 Å². The van der Waals surface area contributed by atoms with Crippen LogP contribution in [-0.2, 0) is 9.59 Å². The van der Waals surface area contributed by atoms with Crippen molar-refractivity contribution in [2.45, 2.75) is 25.7 Å². The Labute approximate surface area is 77.5 Å². The van der Waals surface area contributed by atoms with Gasteiger partial charge in [-0.1, -0.05) is 0 Å². The van der Waals surface area contributed by atoms with E-state index in [2.05, 4.69) is 0 Å². The molecular weight excluding hydrogens is 168 g/mol. The fourth-order valence-corrected chi connectivity index (χ4v) is 1.91. The predicted molar refractivity (Wildman–Crippen MR) is 46.8 cm³/mol. The van der Waals surface area contributed by atoms with Gasteiger partial charge in [0.05, 0.1) is 6.67 Å². The SMILES string of the molecule is O=C1CCCN1CN1CCCC1=O. The number of amides is 2. The number of carbonyl (C=O) groups excluding carboxylic acids is 2. The molecule has 0 aromatic rings. The van der Waals surface area contributed by atoms with Gasteiger partial charge in [-0.05, 0) is 12.8 Å². The normalized spacial score (nSPS) is 23.4. The Morgan fingerprint density at radius 2 is 1.38 bits per heavy atom. The third-order valence-electron chi connectivity index (χ3n) is 2.68. The lowest BCUT2D eigenvalue weighted by atomic mass is 10.4. The first-order chi connectivity index (χ1) is 6.27. The molecule has 0 saturated carbocycles. The van der Waals surface area contributed by atoms with Gasteiger partial charge in [-0.3, -0.25) is 9.59 Å². The number of nitrogens with zero attached hydrogens (tertiary/aromatic N) is 2. The molecule has 0 atom stereocenters. The van der Waals surface area contributed by atoms with Gasteiger partial charge in [0.1, 0.15) is 0 Å². The Hall–Kier alpha value is -1.06. The van der Waals surface area contributed by atoms with E-state index >= 15 is 0 Å². The standard InChI is InChI=1S/C9H14N2O2/c12-8-3-1-5-10(8)7-11-6-2-4-9(11)13/h1-7H2. The van der Waals surface area contributed by atoms with E-state index in [0.717, 1.165) is 25.9 Å². The topological polar surface area (TPSA) is 40.6 Å². The molecular formula is C9H14N2O2. The molecule has 13 heavy (non-hydrogen) atoms. The number of rotatable bonds is 2. The van der Waals surface area contributed by atoms with Crippen molar-refractivity contribution < 1.29 is 9.59 Å². The molecule has 4 heteroatoms. The van der Waals surface area contributed by atoms with Gasteiger partial charge in [0.25, 0.3) is 0 Å². The molecule has 2 heterocycles. The molecule has 2 aliphatic rings. The summed E-state index contributed by atoms with van der Waals surface area (Å²) in [6.45, 7) is 2.17. The predicted octanol–water partition coefficient (Wildman–Crippen LogP) is 0.189. The monoisotopic (exact) mass is 182 g/mol. The summed E-state index contributed by atoms with van der Waals surface area (Å²) in [5, 5.41) is 0. The van der Waals surface area contributed by atoms with Gasteiger partial charge in [-0.2, -0.15) is 0 Å². The van der Waals surface area contributed by atoms with Gasteiger partial charge >= 0.3 is 0 Å². The van der Waals surface area contributed by atoms with Crippen LogP contribution in [0, 0.1) is 0 Å². The molecule has 72 valence electrons. The van der Waals surface area contributed by atoms with Gasteiger partial charge in [0, 0.05) is 25.9 Å². The van der Waals surface area contributed by atoms with Crippen molar-refractivity contribution >= 4 is 11.8 Å². The summed E-state index contributed by atoms with van der Waals surface area (Å²) >= 11 is 0. The van der Waals surface area contributed by atoms with Crippen LogP contribution in [0.2, 0.25) is 0 Å². The largest absolute Gasteiger partial charge is 0.325 e. The molecule has 0 N–H and O–H groups in total. The van der Waals surface area contributed by atoms with E-state index < -0.39 is 0 Å². The molecule has 2 fully saturated rings. The Balaban J connectivity index is 1.89. The van der Waals surface area contributed by atoms with Crippen molar-refractivity contribution in [3.8, 4) is 0 Å². The summed E-state index contributed by atoms with van der Waals surface area (Å²) in [4.78, 5) is 26.1. The third-order valence-corrected chi connectivity index (χ3v) is 2.68. The molecule has 0 radical (unpaired) electrons. The highest BCUT2D eigenvalue weighted by Gasteiger charge is 2.26. The van der Waals surface area contributed by atoms with E-state index in [4.69, 9.17) is 0 Å². The lowest BCUT2D eigenvalue weighted by molar-refractivity contribution is -0.134. The van der Waals surface area contributed by atoms with E-state index in [1.54, 1.807) is 9.80 Å². The van der Waals surface area contributed by atoms with Crippen molar-refractivity contribution in [1.29, 1.82) is 0 Å². The Bertz CT molecular complexity index is 216. The summed E-state index contributed by atoms with van der Waals surface area (Å²) in [7, 11) is 0. The van der Waals surface area contributed by atoms with Crippen LogP contribution in [-0.4, -0.2) is 41.4 Å². The van der Waals surface area contributed by atoms with Crippen molar-refractivity contribution in [3.05, 3.63) is 0 Å². The maximum absolute atomic E-state index is 11.3. The quantitative estimate of drug-likeness (QED) is 0.611. The maximum Gasteiger partial charge on any atom is 0.224 e. The second kappa shape index (κ2) is 3.36. The van der Waals surface area contributed by atoms with E-state index in [0.29, 0.717) is 19.5 Å². The smallest absolute Gasteiger partial charge is 0.224 e. The first-order valence-corrected chi connectivity index (χ1v) is 4.83. The van der Waals surface area contributed by atoms with Crippen LogP contribution in [0.15, 0.2) is 0 Å². The molecule has 2 saturated heterocycles. The maximum atomic E-state index is 11.3. The molecule has 4 nitrogen and oxygen atoms in total. The fourth-order valence-electron chi connectivity index (χ4n) is 1.91. The Morgan fingerprint density at radius 3 is 1.69 bits per heavy atom. The van der Waals surface area contributed by atoms with Gasteiger partial charge in [-0.15, -0.1) is 0 Å². The second-order valence-corrected chi connectivity index (χ2v) is 3.66. The average molecular weight is 182 g/mol. The van der Waals surface area contributed by atoms with Crippen LogP contribution >= 0.6 is 0 Å². The average Bonchev–Trinajstić information content (AvgIpc) is 2.65. The van der Waals surface area contributed by atoms with Gasteiger partial charge in [0.2, 0.25) is 11.8 Å². The molecule has 2 rings (SSSR count). The zero-order chi connectivity index (χ0) is 9.26. The number of likely N-dealkylation sites (tertiary alicyclic amines) is 2. The first-order valence-electron chi connectivity index (χ1n) is 4.83. The zero-order valence-electron chi connectivity index (χ0n) is 7.66. The van der Waals surface area contributed by atoms with Crippen LogP contribution in [0.5, 0.6) is 0 Å². The number of hydrogen-bond acceptors (Lipinski definition) is 2. The molecule has 0 aromatic carbocycles. The van der Waals surface area contributed by atoms with Crippen LogP contribution < -0.4 is 0 Å². The van der Waals surface area contributed by atoms with E-state index in [1.165, 1.54) is 0 Å². The van der Waals surface area contributed by atoms with Gasteiger partial charge in [-0.25, -0.2) is 0 Å². The van der Waals surface area contributed by atoms with E-state index in [1.807, 2.05) is 0 Å². The zero-order valence-corrected chi connectivity index (χ0v) is 7.66. The third kappa shape index (κ3) is 1.66. The summed E-state index contributed by atoms with van der Waals surface area (Å²) < 4.78 is 0.